The van der Waals surface area contributed by atoms with Crippen molar-refractivity contribution in [2.75, 3.05) is 0 Å². The molecule has 1 aromatic heterocycles. The molecule has 0 spiro atoms. The summed E-state index contributed by atoms with van der Waals surface area (Å²) >= 11 is 0. The van der Waals surface area contributed by atoms with E-state index in [2.05, 4.69) is 15.6 Å². The van der Waals surface area contributed by atoms with Gasteiger partial charge < -0.3 is 15.4 Å². The molecule has 2 rings (SSSR count). The minimum absolute atomic E-state index is 0.163. The molecule has 2 N–H and O–H groups in total. The quantitative estimate of drug-likeness (QED) is 0.855. The Morgan fingerprint density at radius 3 is 2.57 bits per heavy atom. The van der Waals surface area contributed by atoms with Crippen LogP contribution in [0.5, 0.6) is 0 Å². The molecule has 6 nitrogen and oxygen atoms in total. The maximum atomic E-state index is 11.9. The van der Waals surface area contributed by atoms with E-state index in [9.17, 15) is 9.59 Å². The van der Waals surface area contributed by atoms with Crippen LogP contribution in [0.4, 0.5) is 4.79 Å². The fraction of sp³-hybridized carbons (Fsp3) is 0.235. The van der Waals surface area contributed by atoms with Crippen molar-refractivity contribution in [2.24, 2.45) is 0 Å². The topological polar surface area (TPSA) is 80.3 Å². The lowest BCUT2D eigenvalue weighted by Gasteiger charge is -2.14. The van der Waals surface area contributed by atoms with Crippen molar-refractivity contribution < 1.29 is 14.3 Å². The molecule has 1 atom stereocenters. The molecular weight excluding hydrogens is 294 g/mol. The SMILES string of the molecule is C[C@H](NC(=O)OCc1ccccc1)C(=O)NCc1cccnc1. The summed E-state index contributed by atoms with van der Waals surface area (Å²) in [5.74, 6) is -0.287. The standard InChI is InChI=1S/C17H19N3O3/c1-13(16(21)19-11-15-8-5-9-18-10-15)20-17(22)23-12-14-6-3-2-4-7-14/h2-10,13H,11-12H2,1H3,(H,19,21)(H,20,22)/t13-/m0/s1. The highest BCUT2D eigenvalue weighted by molar-refractivity contribution is 5.85. The summed E-state index contributed by atoms with van der Waals surface area (Å²) in [7, 11) is 0. The Kier molecular flexibility index (Phi) is 6.11. The molecular formula is C17H19N3O3. The molecule has 0 aliphatic heterocycles. The van der Waals surface area contributed by atoms with Crippen molar-refractivity contribution in [1.82, 2.24) is 15.6 Å². The molecule has 0 aliphatic rings. The third-order valence-electron chi connectivity index (χ3n) is 3.13. The molecule has 2 amide bonds. The van der Waals surface area contributed by atoms with Gasteiger partial charge in [0.1, 0.15) is 12.6 Å². The fourth-order valence-corrected chi connectivity index (χ4v) is 1.85. The van der Waals surface area contributed by atoms with Crippen LogP contribution in [0.15, 0.2) is 54.9 Å². The van der Waals surface area contributed by atoms with E-state index in [1.165, 1.54) is 0 Å². The number of rotatable bonds is 6. The molecule has 1 heterocycles. The summed E-state index contributed by atoms with van der Waals surface area (Å²) in [5, 5.41) is 5.23. The first-order chi connectivity index (χ1) is 11.1. The Morgan fingerprint density at radius 1 is 1.13 bits per heavy atom. The largest absolute Gasteiger partial charge is 0.445 e. The van der Waals surface area contributed by atoms with E-state index in [1.54, 1.807) is 25.4 Å². The van der Waals surface area contributed by atoms with E-state index in [0.717, 1.165) is 11.1 Å². The van der Waals surface area contributed by atoms with Crippen LogP contribution in [-0.2, 0) is 22.7 Å². The van der Waals surface area contributed by atoms with Crippen molar-refractivity contribution in [2.45, 2.75) is 26.1 Å². The average Bonchev–Trinajstić information content (AvgIpc) is 2.59. The summed E-state index contributed by atoms with van der Waals surface area (Å²) in [4.78, 5) is 27.6. The summed E-state index contributed by atoms with van der Waals surface area (Å²) < 4.78 is 5.07. The van der Waals surface area contributed by atoms with Crippen LogP contribution in [0, 0.1) is 0 Å². The summed E-state index contributed by atoms with van der Waals surface area (Å²) in [6.07, 6.45) is 2.71. The first-order valence-corrected chi connectivity index (χ1v) is 7.29. The van der Waals surface area contributed by atoms with Crippen LogP contribution in [0.2, 0.25) is 0 Å². The maximum Gasteiger partial charge on any atom is 0.408 e. The second-order valence-electron chi connectivity index (χ2n) is 5.01. The van der Waals surface area contributed by atoms with Crippen molar-refractivity contribution in [1.29, 1.82) is 0 Å². The molecule has 0 aliphatic carbocycles. The zero-order valence-corrected chi connectivity index (χ0v) is 12.9. The third kappa shape index (κ3) is 5.78. The number of aromatic nitrogens is 1. The smallest absolute Gasteiger partial charge is 0.408 e. The van der Waals surface area contributed by atoms with Crippen LogP contribution >= 0.6 is 0 Å². The number of hydrogen-bond donors (Lipinski definition) is 2. The predicted molar refractivity (Wildman–Crippen MR) is 85.3 cm³/mol. The third-order valence-corrected chi connectivity index (χ3v) is 3.13. The fourth-order valence-electron chi connectivity index (χ4n) is 1.85. The first kappa shape index (κ1) is 16.5. The number of benzene rings is 1. The number of carbonyl (C=O) groups is 2. The van der Waals surface area contributed by atoms with Gasteiger partial charge in [-0.2, -0.15) is 0 Å². The van der Waals surface area contributed by atoms with Gasteiger partial charge in [0, 0.05) is 18.9 Å². The number of alkyl carbamates (subject to hydrolysis) is 1. The molecule has 120 valence electrons. The van der Waals surface area contributed by atoms with E-state index < -0.39 is 12.1 Å². The minimum atomic E-state index is -0.685. The van der Waals surface area contributed by atoms with Gasteiger partial charge in [-0.25, -0.2) is 4.79 Å². The summed E-state index contributed by atoms with van der Waals surface area (Å²) in [6, 6.07) is 12.3. The lowest BCUT2D eigenvalue weighted by Crippen LogP contribution is -2.44. The number of pyridine rings is 1. The van der Waals surface area contributed by atoms with Gasteiger partial charge in [0.25, 0.3) is 0 Å². The first-order valence-electron chi connectivity index (χ1n) is 7.29. The molecule has 0 bridgehead atoms. The van der Waals surface area contributed by atoms with E-state index in [4.69, 9.17) is 4.74 Å². The lowest BCUT2D eigenvalue weighted by atomic mass is 10.2. The molecule has 23 heavy (non-hydrogen) atoms. The van der Waals surface area contributed by atoms with Crippen LogP contribution < -0.4 is 10.6 Å². The number of nitrogens with one attached hydrogen (secondary N) is 2. The number of ether oxygens (including phenoxy) is 1. The van der Waals surface area contributed by atoms with Crippen LogP contribution in [0.1, 0.15) is 18.1 Å². The van der Waals surface area contributed by atoms with Crippen molar-refractivity contribution >= 4 is 12.0 Å². The van der Waals surface area contributed by atoms with E-state index in [0.29, 0.717) is 6.54 Å². The Hall–Kier alpha value is -2.89. The van der Waals surface area contributed by atoms with E-state index in [1.807, 2.05) is 36.4 Å². The zero-order valence-electron chi connectivity index (χ0n) is 12.9. The molecule has 0 radical (unpaired) electrons. The van der Waals surface area contributed by atoms with Gasteiger partial charge in [-0.1, -0.05) is 36.4 Å². The molecule has 6 heteroatoms. The highest BCUT2D eigenvalue weighted by Crippen LogP contribution is 2.01. The average molecular weight is 313 g/mol. The highest BCUT2D eigenvalue weighted by Gasteiger charge is 2.16. The Bertz CT molecular complexity index is 632. The minimum Gasteiger partial charge on any atom is -0.445 e. The van der Waals surface area contributed by atoms with Gasteiger partial charge in [0.15, 0.2) is 0 Å². The molecule has 0 saturated carbocycles. The van der Waals surface area contributed by atoms with Gasteiger partial charge in [-0.05, 0) is 24.1 Å². The molecule has 2 aromatic rings. The summed E-state index contributed by atoms with van der Waals surface area (Å²) in [6.45, 7) is 2.12. The zero-order chi connectivity index (χ0) is 16.5. The maximum absolute atomic E-state index is 11.9. The Balaban J connectivity index is 1.71. The number of amides is 2. The number of nitrogens with zero attached hydrogens (tertiary/aromatic N) is 1. The number of hydrogen-bond acceptors (Lipinski definition) is 4. The van der Waals surface area contributed by atoms with Crippen LogP contribution in [-0.4, -0.2) is 23.0 Å². The van der Waals surface area contributed by atoms with Gasteiger partial charge in [0.2, 0.25) is 5.91 Å². The second-order valence-corrected chi connectivity index (χ2v) is 5.01. The van der Waals surface area contributed by atoms with Crippen molar-refractivity contribution in [3.05, 3.63) is 66.0 Å². The molecule has 0 fully saturated rings. The molecule has 1 aromatic carbocycles. The Labute approximate surface area is 134 Å². The van der Waals surface area contributed by atoms with Gasteiger partial charge >= 0.3 is 6.09 Å². The summed E-state index contributed by atoms with van der Waals surface area (Å²) in [5.41, 5.74) is 1.77. The number of carbonyl (C=O) groups excluding carboxylic acids is 2. The predicted octanol–water partition coefficient (Wildman–Crippen LogP) is 2.01. The Morgan fingerprint density at radius 2 is 1.87 bits per heavy atom. The second kappa shape index (κ2) is 8.53. The lowest BCUT2D eigenvalue weighted by molar-refractivity contribution is -0.122. The monoisotopic (exact) mass is 313 g/mol. The normalized spacial score (nSPS) is 11.3. The van der Waals surface area contributed by atoms with Crippen molar-refractivity contribution in [3.63, 3.8) is 0 Å². The van der Waals surface area contributed by atoms with Gasteiger partial charge in [0.05, 0.1) is 0 Å². The van der Waals surface area contributed by atoms with Crippen molar-refractivity contribution in [3.8, 4) is 0 Å². The van der Waals surface area contributed by atoms with Gasteiger partial charge in [-0.15, -0.1) is 0 Å². The van der Waals surface area contributed by atoms with Gasteiger partial charge in [-0.3, -0.25) is 9.78 Å². The van der Waals surface area contributed by atoms with Crippen LogP contribution in [0.25, 0.3) is 0 Å². The van der Waals surface area contributed by atoms with E-state index in [-0.39, 0.29) is 12.5 Å². The molecule has 0 saturated heterocycles. The van der Waals surface area contributed by atoms with Crippen LogP contribution in [0.3, 0.4) is 0 Å². The highest BCUT2D eigenvalue weighted by atomic mass is 16.5. The molecule has 0 unspecified atom stereocenters. The van der Waals surface area contributed by atoms with E-state index >= 15 is 0 Å².